The van der Waals surface area contributed by atoms with Gasteiger partial charge in [-0.25, -0.2) is 0 Å². The molecule has 2 rings (SSSR count). The zero-order valence-corrected chi connectivity index (χ0v) is 15.9. The average Bonchev–Trinajstić information content (AvgIpc) is 2.52. The summed E-state index contributed by atoms with van der Waals surface area (Å²) in [5, 5.41) is 6.13. The molecule has 2 amide bonds. The summed E-state index contributed by atoms with van der Waals surface area (Å²) in [6.45, 7) is 9.28. The van der Waals surface area contributed by atoms with E-state index in [2.05, 4.69) is 28.8 Å². The van der Waals surface area contributed by atoms with Gasteiger partial charge in [-0.3, -0.25) is 9.59 Å². The van der Waals surface area contributed by atoms with Gasteiger partial charge in [-0.05, 0) is 58.1 Å². The molecule has 0 radical (unpaired) electrons. The lowest BCUT2D eigenvalue weighted by molar-refractivity contribution is -0.881. The number of hydrogen-bond acceptors (Lipinski definition) is 2. The molecule has 0 saturated heterocycles. The standard InChI is InChI=1S/C20H31N3O2/c1-5-23(14-19(25)22-20(2,3)4)13-18(24)21-17-12-8-10-15-9-6-7-11-16(15)17/h6-7,9,11,17H,5,8,10,12-14H2,1-4H3,(H,21,24)(H,22,25)/p+1/t17-/m1/s1. The van der Waals surface area contributed by atoms with Gasteiger partial charge in [-0.2, -0.15) is 0 Å². The molecule has 0 aromatic heterocycles. The van der Waals surface area contributed by atoms with Crippen LogP contribution in [-0.4, -0.2) is 37.0 Å². The van der Waals surface area contributed by atoms with Crippen molar-refractivity contribution in [3.63, 3.8) is 0 Å². The maximum Gasteiger partial charge on any atom is 0.275 e. The van der Waals surface area contributed by atoms with Crippen LogP contribution in [-0.2, 0) is 16.0 Å². The normalized spacial score (nSPS) is 18.2. The summed E-state index contributed by atoms with van der Waals surface area (Å²) in [6.07, 6.45) is 3.16. The molecule has 138 valence electrons. The number of rotatable bonds is 6. The van der Waals surface area contributed by atoms with E-state index in [0.29, 0.717) is 13.1 Å². The van der Waals surface area contributed by atoms with Crippen molar-refractivity contribution in [2.24, 2.45) is 0 Å². The zero-order valence-electron chi connectivity index (χ0n) is 15.9. The van der Waals surface area contributed by atoms with Gasteiger partial charge in [0.15, 0.2) is 13.1 Å². The summed E-state index contributed by atoms with van der Waals surface area (Å²) < 4.78 is 0. The van der Waals surface area contributed by atoms with E-state index in [-0.39, 0.29) is 23.4 Å². The van der Waals surface area contributed by atoms with Crippen molar-refractivity contribution in [3.05, 3.63) is 35.4 Å². The Hall–Kier alpha value is -1.88. The summed E-state index contributed by atoms with van der Waals surface area (Å²) in [5.74, 6) is 0.00211. The predicted octanol–water partition coefficient (Wildman–Crippen LogP) is 1.000. The van der Waals surface area contributed by atoms with Crippen molar-refractivity contribution >= 4 is 11.8 Å². The first-order valence-electron chi connectivity index (χ1n) is 9.30. The molecule has 1 unspecified atom stereocenters. The summed E-state index contributed by atoms with van der Waals surface area (Å²) in [5.41, 5.74) is 2.33. The third-order valence-corrected chi connectivity index (χ3v) is 4.54. The molecule has 1 aliphatic carbocycles. The van der Waals surface area contributed by atoms with Gasteiger partial charge in [-0.15, -0.1) is 0 Å². The molecule has 25 heavy (non-hydrogen) atoms. The molecule has 3 N–H and O–H groups in total. The molecule has 2 atom stereocenters. The van der Waals surface area contributed by atoms with E-state index in [4.69, 9.17) is 0 Å². The largest absolute Gasteiger partial charge is 0.347 e. The van der Waals surface area contributed by atoms with E-state index in [1.807, 2.05) is 33.8 Å². The number of amides is 2. The minimum Gasteiger partial charge on any atom is -0.347 e. The van der Waals surface area contributed by atoms with Gasteiger partial charge in [0.2, 0.25) is 0 Å². The van der Waals surface area contributed by atoms with Gasteiger partial charge in [0.05, 0.1) is 12.6 Å². The van der Waals surface area contributed by atoms with Crippen molar-refractivity contribution in [2.45, 2.75) is 58.5 Å². The van der Waals surface area contributed by atoms with Gasteiger partial charge in [0.25, 0.3) is 11.8 Å². The van der Waals surface area contributed by atoms with Crippen molar-refractivity contribution in [3.8, 4) is 0 Å². The van der Waals surface area contributed by atoms with Crippen LogP contribution in [0.25, 0.3) is 0 Å². The van der Waals surface area contributed by atoms with Crippen molar-refractivity contribution in [1.29, 1.82) is 0 Å². The Kier molecular flexibility index (Phi) is 6.59. The van der Waals surface area contributed by atoms with Gasteiger partial charge < -0.3 is 15.5 Å². The van der Waals surface area contributed by atoms with Gasteiger partial charge in [0, 0.05) is 5.54 Å². The lowest BCUT2D eigenvalue weighted by Gasteiger charge is -2.27. The van der Waals surface area contributed by atoms with Crippen molar-refractivity contribution in [2.75, 3.05) is 19.6 Å². The molecule has 1 aliphatic rings. The van der Waals surface area contributed by atoms with Crippen molar-refractivity contribution in [1.82, 2.24) is 10.6 Å². The summed E-state index contributed by atoms with van der Waals surface area (Å²) in [6, 6.07) is 8.44. The first-order chi connectivity index (χ1) is 11.8. The molecule has 0 heterocycles. The minimum atomic E-state index is -0.246. The van der Waals surface area contributed by atoms with Crippen LogP contribution in [0.1, 0.15) is 57.7 Å². The second kappa shape index (κ2) is 8.48. The average molecular weight is 346 g/mol. The Labute approximate surface area is 151 Å². The lowest BCUT2D eigenvalue weighted by Crippen LogP contribution is -3.14. The number of likely N-dealkylation sites (N-methyl/N-ethyl adjacent to an activating group) is 1. The predicted molar refractivity (Wildman–Crippen MR) is 99.4 cm³/mol. The van der Waals surface area contributed by atoms with Crippen LogP contribution in [0.15, 0.2) is 24.3 Å². The molecule has 5 nitrogen and oxygen atoms in total. The van der Waals surface area contributed by atoms with Crippen LogP contribution < -0.4 is 15.5 Å². The summed E-state index contributed by atoms with van der Waals surface area (Å²) in [7, 11) is 0. The summed E-state index contributed by atoms with van der Waals surface area (Å²) >= 11 is 0. The fourth-order valence-corrected chi connectivity index (χ4v) is 3.38. The molecule has 0 spiro atoms. The highest BCUT2D eigenvalue weighted by Gasteiger charge is 2.24. The second-order valence-electron chi connectivity index (χ2n) is 7.97. The number of aryl methyl sites for hydroxylation is 1. The molecular weight excluding hydrogens is 314 g/mol. The lowest BCUT2D eigenvalue weighted by atomic mass is 9.88. The molecular formula is C20H32N3O2+. The maximum absolute atomic E-state index is 12.5. The Morgan fingerprint density at radius 2 is 1.84 bits per heavy atom. The third-order valence-electron chi connectivity index (χ3n) is 4.54. The smallest absolute Gasteiger partial charge is 0.275 e. The van der Waals surface area contributed by atoms with Crippen LogP contribution in [0.2, 0.25) is 0 Å². The first-order valence-corrected chi connectivity index (χ1v) is 9.30. The number of carbonyl (C=O) groups is 2. The second-order valence-corrected chi connectivity index (χ2v) is 7.97. The van der Waals surface area contributed by atoms with E-state index >= 15 is 0 Å². The number of nitrogens with one attached hydrogen (secondary N) is 3. The Balaban J connectivity index is 1.89. The maximum atomic E-state index is 12.5. The van der Waals surface area contributed by atoms with Gasteiger partial charge >= 0.3 is 0 Å². The number of hydrogen-bond donors (Lipinski definition) is 3. The Morgan fingerprint density at radius 3 is 2.52 bits per heavy atom. The molecule has 5 heteroatoms. The highest BCUT2D eigenvalue weighted by molar-refractivity contribution is 5.79. The highest BCUT2D eigenvalue weighted by Crippen LogP contribution is 2.29. The Bertz CT molecular complexity index is 607. The molecule has 0 aliphatic heterocycles. The Morgan fingerprint density at radius 1 is 1.16 bits per heavy atom. The van der Waals surface area contributed by atoms with Crippen LogP contribution >= 0.6 is 0 Å². The van der Waals surface area contributed by atoms with Gasteiger partial charge in [-0.1, -0.05) is 24.3 Å². The summed E-state index contributed by atoms with van der Waals surface area (Å²) in [4.78, 5) is 25.6. The number of benzene rings is 1. The number of quaternary nitrogens is 1. The number of carbonyl (C=O) groups excluding carboxylic acids is 2. The quantitative estimate of drug-likeness (QED) is 0.720. The van der Waals surface area contributed by atoms with E-state index in [9.17, 15) is 9.59 Å². The van der Waals surface area contributed by atoms with Crippen LogP contribution in [0.3, 0.4) is 0 Å². The topological polar surface area (TPSA) is 62.6 Å². The van der Waals surface area contributed by atoms with E-state index in [1.165, 1.54) is 11.1 Å². The molecule has 0 bridgehead atoms. The van der Waals surface area contributed by atoms with Crippen molar-refractivity contribution < 1.29 is 14.5 Å². The molecule has 0 saturated carbocycles. The molecule has 0 fully saturated rings. The fourth-order valence-electron chi connectivity index (χ4n) is 3.38. The number of fused-ring (bicyclic) bond motifs is 1. The highest BCUT2D eigenvalue weighted by atomic mass is 16.2. The monoisotopic (exact) mass is 346 g/mol. The minimum absolute atomic E-state index is 0.0137. The van der Waals surface area contributed by atoms with Crippen LogP contribution in [0.5, 0.6) is 0 Å². The van der Waals surface area contributed by atoms with E-state index in [1.54, 1.807) is 0 Å². The van der Waals surface area contributed by atoms with E-state index < -0.39 is 0 Å². The fraction of sp³-hybridized carbons (Fsp3) is 0.600. The zero-order chi connectivity index (χ0) is 18.4. The SMILES string of the molecule is CC[NH+](CC(=O)N[C@@H]1CCCc2ccccc21)CC(=O)NC(C)(C)C. The molecule has 1 aromatic carbocycles. The van der Waals surface area contributed by atoms with Crippen LogP contribution in [0, 0.1) is 0 Å². The first kappa shape index (κ1) is 19.4. The third kappa shape index (κ3) is 6.16. The van der Waals surface area contributed by atoms with Gasteiger partial charge in [0.1, 0.15) is 0 Å². The molecule has 1 aromatic rings. The van der Waals surface area contributed by atoms with Crippen LogP contribution in [0.4, 0.5) is 0 Å². The van der Waals surface area contributed by atoms with E-state index in [0.717, 1.165) is 30.7 Å².